The summed E-state index contributed by atoms with van der Waals surface area (Å²) in [7, 11) is -7.91. The first-order chi connectivity index (χ1) is 4.48. The molecule has 0 fully saturated rings. The molecule has 0 unspecified atom stereocenters. The molecule has 0 aliphatic heterocycles. The minimum Gasteiger partial charge on any atom is -0.370 e. The summed E-state index contributed by atoms with van der Waals surface area (Å²) < 4.78 is 46.5. The Hall–Kier alpha value is -0.600. The van der Waals surface area contributed by atoms with Crippen LogP contribution in [0.2, 0.25) is 0 Å². The highest BCUT2D eigenvalue weighted by Gasteiger charge is 2.10. The van der Waals surface area contributed by atoms with E-state index in [0.29, 0.717) is 6.26 Å². The van der Waals surface area contributed by atoms with Crippen molar-refractivity contribution in [2.75, 3.05) is 0 Å². The Balaban J connectivity index is 4.29. The minimum absolute atomic E-state index is 0.536. The Kier molecular flexibility index (Phi) is 3.33. The van der Waals surface area contributed by atoms with Crippen LogP contribution in [0.3, 0.4) is 0 Å². The number of rotatable bonds is 4. The van der Waals surface area contributed by atoms with Crippen LogP contribution in [0, 0.1) is 0 Å². The Labute approximate surface area is 59.6 Å². The third-order valence-corrected chi connectivity index (χ3v) is 1.93. The van der Waals surface area contributed by atoms with E-state index in [-0.39, 0.29) is 0 Å². The maximum Gasteiger partial charge on any atom is 0.463 e. The van der Waals surface area contributed by atoms with E-state index in [9.17, 15) is 16.8 Å². The van der Waals surface area contributed by atoms with Crippen LogP contribution in [0.5, 0.6) is 0 Å². The van der Waals surface area contributed by atoms with Crippen molar-refractivity contribution in [3.63, 3.8) is 0 Å². The first-order valence-corrected chi connectivity index (χ1v) is 4.29. The van der Waals surface area contributed by atoms with Crippen molar-refractivity contribution in [3.05, 3.63) is 12.8 Å². The quantitative estimate of drug-likeness (QED) is 0.446. The van der Waals surface area contributed by atoms with Gasteiger partial charge in [-0.25, -0.2) is 8.42 Å². The summed E-state index contributed by atoms with van der Waals surface area (Å²) in [4.78, 5) is 0. The SMILES string of the molecule is C=COS(=O)(=O)O[SH](=O)=O. The lowest BCUT2D eigenvalue weighted by Crippen LogP contribution is -2.04. The Morgan fingerprint density at radius 1 is 1.40 bits per heavy atom. The van der Waals surface area contributed by atoms with Gasteiger partial charge in [-0.1, -0.05) is 6.58 Å². The van der Waals surface area contributed by atoms with Crippen molar-refractivity contribution in [2.24, 2.45) is 0 Å². The zero-order valence-electron chi connectivity index (χ0n) is 4.59. The molecule has 0 amide bonds. The third-order valence-electron chi connectivity index (χ3n) is 0.338. The van der Waals surface area contributed by atoms with Crippen LogP contribution < -0.4 is 0 Å². The van der Waals surface area contributed by atoms with Crippen molar-refractivity contribution in [1.82, 2.24) is 0 Å². The van der Waals surface area contributed by atoms with Gasteiger partial charge in [-0.2, -0.15) is 8.42 Å². The molecule has 6 nitrogen and oxygen atoms in total. The van der Waals surface area contributed by atoms with Crippen molar-refractivity contribution in [1.29, 1.82) is 0 Å². The fraction of sp³-hybridized carbons (Fsp3) is 0. The topological polar surface area (TPSA) is 86.7 Å². The molecular formula is C2H4O6S2. The van der Waals surface area contributed by atoms with Gasteiger partial charge in [-0.05, 0) is 0 Å². The first kappa shape index (κ1) is 9.40. The molecule has 10 heavy (non-hydrogen) atoms. The van der Waals surface area contributed by atoms with E-state index in [1.807, 2.05) is 0 Å². The number of hydrogen-bond acceptors (Lipinski definition) is 6. The number of hydrogen-bond donors (Lipinski definition) is 1. The van der Waals surface area contributed by atoms with Crippen molar-refractivity contribution in [2.45, 2.75) is 0 Å². The molecule has 0 aromatic heterocycles. The average molecular weight is 188 g/mol. The monoisotopic (exact) mass is 188 g/mol. The van der Waals surface area contributed by atoms with Crippen LogP contribution in [0.15, 0.2) is 12.8 Å². The lowest BCUT2D eigenvalue weighted by molar-refractivity contribution is 0.367. The summed E-state index contributed by atoms with van der Waals surface area (Å²) in [5, 5.41) is 0. The van der Waals surface area contributed by atoms with Crippen LogP contribution in [0.4, 0.5) is 0 Å². The Morgan fingerprint density at radius 2 is 1.90 bits per heavy atom. The average Bonchev–Trinajstić information content (AvgIpc) is 1.59. The van der Waals surface area contributed by atoms with Gasteiger partial charge in [0.25, 0.3) is 11.0 Å². The van der Waals surface area contributed by atoms with Crippen LogP contribution in [-0.2, 0) is 29.2 Å². The van der Waals surface area contributed by atoms with Gasteiger partial charge in [0, 0.05) is 0 Å². The minimum atomic E-state index is -4.45. The van der Waals surface area contributed by atoms with Gasteiger partial charge in [0.2, 0.25) is 0 Å². The molecule has 0 aliphatic rings. The van der Waals surface area contributed by atoms with Gasteiger partial charge in [0.1, 0.15) is 6.26 Å². The molecular weight excluding hydrogens is 184 g/mol. The summed E-state index contributed by atoms with van der Waals surface area (Å²) in [6.45, 7) is 2.87. The van der Waals surface area contributed by atoms with Gasteiger partial charge in [0.15, 0.2) is 0 Å². The number of thiol groups is 1. The third kappa shape index (κ3) is 4.30. The van der Waals surface area contributed by atoms with Crippen LogP contribution >= 0.6 is 0 Å². The highest BCUT2D eigenvalue weighted by molar-refractivity contribution is 7.90. The van der Waals surface area contributed by atoms with E-state index >= 15 is 0 Å². The van der Waals surface area contributed by atoms with E-state index < -0.39 is 21.4 Å². The largest absolute Gasteiger partial charge is 0.463 e. The summed E-state index contributed by atoms with van der Waals surface area (Å²) in [5.41, 5.74) is 0. The highest BCUT2D eigenvalue weighted by atomic mass is 32.3. The lowest BCUT2D eigenvalue weighted by Gasteiger charge is -1.93. The zero-order valence-corrected chi connectivity index (χ0v) is 6.30. The van der Waals surface area contributed by atoms with Crippen molar-refractivity contribution >= 4 is 21.4 Å². The lowest BCUT2D eigenvalue weighted by atomic mass is 11.2. The molecule has 0 radical (unpaired) electrons. The van der Waals surface area contributed by atoms with Gasteiger partial charge in [0.05, 0.1) is 0 Å². The molecule has 60 valence electrons. The van der Waals surface area contributed by atoms with Gasteiger partial charge >= 0.3 is 10.4 Å². The van der Waals surface area contributed by atoms with Crippen LogP contribution in [-0.4, -0.2) is 16.8 Å². The molecule has 0 aromatic rings. The van der Waals surface area contributed by atoms with Gasteiger partial charge in [-0.15, -0.1) is 3.63 Å². The predicted molar refractivity (Wildman–Crippen MR) is 31.6 cm³/mol. The van der Waals surface area contributed by atoms with E-state index in [4.69, 9.17) is 0 Å². The Bertz CT molecular complexity index is 262. The van der Waals surface area contributed by atoms with Gasteiger partial charge < -0.3 is 4.18 Å². The fourth-order valence-electron chi connectivity index (χ4n) is 0.175. The van der Waals surface area contributed by atoms with E-state index in [1.54, 1.807) is 0 Å². The first-order valence-electron chi connectivity index (χ1n) is 1.86. The van der Waals surface area contributed by atoms with E-state index in [0.717, 1.165) is 0 Å². The second kappa shape index (κ2) is 3.54. The summed E-state index contributed by atoms with van der Waals surface area (Å²) >= 11 is 0. The van der Waals surface area contributed by atoms with Crippen molar-refractivity contribution < 1.29 is 24.6 Å². The molecule has 8 heteroatoms. The molecule has 0 aliphatic carbocycles. The molecule has 0 aromatic carbocycles. The van der Waals surface area contributed by atoms with Gasteiger partial charge in [-0.3, -0.25) is 0 Å². The van der Waals surface area contributed by atoms with Crippen molar-refractivity contribution in [3.8, 4) is 0 Å². The Morgan fingerprint density at radius 3 is 2.20 bits per heavy atom. The second-order valence-corrected chi connectivity index (χ2v) is 3.02. The standard InChI is InChI=1S/C2H4O6S2/c1-2-7-10(5,6)8-9(3)4/h2,9H,1H2. The van der Waals surface area contributed by atoms with E-state index in [1.165, 1.54) is 0 Å². The fourth-order valence-corrected chi connectivity index (χ4v) is 1.08. The molecule has 0 saturated carbocycles. The molecule has 0 atom stereocenters. The summed E-state index contributed by atoms with van der Waals surface area (Å²) in [6.07, 6.45) is 0.536. The normalized spacial score (nSPS) is 11.3. The second-order valence-electron chi connectivity index (χ2n) is 0.969. The van der Waals surface area contributed by atoms with Crippen LogP contribution in [0.1, 0.15) is 0 Å². The maximum absolute atomic E-state index is 10.1. The molecule has 0 bridgehead atoms. The predicted octanol–water partition coefficient (Wildman–Crippen LogP) is -1.07. The zero-order chi connectivity index (χ0) is 8.20. The molecule has 0 heterocycles. The maximum atomic E-state index is 10.1. The molecule has 0 N–H and O–H groups in total. The molecule has 0 rings (SSSR count). The highest BCUT2D eigenvalue weighted by Crippen LogP contribution is 1.94. The molecule has 0 saturated heterocycles. The summed E-state index contributed by atoms with van der Waals surface area (Å²) in [6, 6.07) is 0. The van der Waals surface area contributed by atoms with E-state index in [2.05, 4.69) is 14.4 Å². The smallest absolute Gasteiger partial charge is 0.370 e. The van der Waals surface area contributed by atoms with Crippen LogP contribution in [0.25, 0.3) is 0 Å². The molecule has 0 spiro atoms. The summed E-state index contributed by atoms with van der Waals surface area (Å²) in [5.74, 6) is 0.